The normalized spacial score (nSPS) is 15.2. The number of allylic oxidation sites excluding steroid dienone is 1. The van der Waals surface area contributed by atoms with E-state index in [9.17, 15) is 9.90 Å². The largest absolute Gasteiger partial charge is 0.508 e. The summed E-state index contributed by atoms with van der Waals surface area (Å²) in [5, 5.41) is 9.61. The number of Topliss-reactive ketones (excluding diaryl/α,β-unsaturated/α-hetero) is 1. The van der Waals surface area contributed by atoms with Crippen molar-refractivity contribution in [3.05, 3.63) is 95.1 Å². The van der Waals surface area contributed by atoms with Crippen LogP contribution >= 0.6 is 0 Å². The van der Waals surface area contributed by atoms with Crippen molar-refractivity contribution in [3.63, 3.8) is 0 Å². The molecule has 0 aromatic heterocycles. The maximum atomic E-state index is 12.8. The Bertz CT molecular complexity index is 968. The van der Waals surface area contributed by atoms with Crippen LogP contribution in [0.15, 0.2) is 78.4 Å². The zero-order valence-corrected chi connectivity index (χ0v) is 13.8. The molecule has 0 saturated carbocycles. The second-order valence-electron chi connectivity index (χ2n) is 6.29. The van der Waals surface area contributed by atoms with Crippen LogP contribution in [-0.4, -0.2) is 10.9 Å². The Kier molecular flexibility index (Phi) is 3.95. The van der Waals surface area contributed by atoms with Crippen LogP contribution in [-0.2, 0) is 6.42 Å². The number of rotatable bonds is 2. The van der Waals surface area contributed by atoms with Gasteiger partial charge >= 0.3 is 0 Å². The van der Waals surface area contributed by atoms with E-state index in [0.29, 0.717) is 12.0 Å². The van der Waals surface area contributed by atoms with E-state index in [0.717, 1.165) is 34.2 Å². The monoisotopic (exact) mass is 326 g/mol. The molecule has 0 saturated heterocycles. The molecule has 3 aromatic carbocycles. The van der Waals surface area contributed by atoms with Crippen LogP contribution in [0.4, 0.5) is 0 Å². The summed E-state index contributed by atoms with van der Waals surface area (Å²) in [4.78, 5) is 12.8. The van der Waals surface area contributed by atoms with E-state index < -0.39 is 0 Å². The van der Waals surface area contributed by atoms with Gasteiger partial charge in [0.15, 0.2) is 5.78 Å². The molecule has 1 N–H and O–H groups in total. The molecule has 0 bridgehead atoms. The molecule has 1 aliphatic rings. The van der Waals surface area contributed by atoms with E-state index in [1.165, 1.54) is 0 Å². The summed E-state index contributed by atoms with van der Waals surface area (Å²) in [6.07, 6.45) is 3.48. The molecule has 0 heterocycles. The first-order valence-corrected chi connectivity index (χ1v) is 8.44. The summed E-state index contributed by atoms with van der Waals surface area (Å²) in [6, 6.07) is 23.4. The number of phenols is 1. The van der Waals surface area contributed by atoms with Crippen molar-refractivity contribution in [2.45, 2.75) is 12.8 Å². The third kappa shape index (κ3) is 2.99. The minimum absolute atomic E-state index is 0.0594. The summed E-state index contributed by atoms with van der Waals surface area (Å²) < 4.78 is 0. The SMILES string of the molecule is O=C1/C(=C/c2ccccc2-c2ccccc2)CCc2cc(O)ccc21. The van der Waals surface area contributed by atoms with Gasteiger partial charge in [-0.05, 0) is 59.4 Å². The van der Waals surface area contributed by atoms with Crippen LogP contribution in [0.1, 0.15) is 27.9 Å². The lowest BCUT2D eigenvalue weighted by molar-refractivity contribution is 0.102. The molecule has 4 rings (SSSR count). The number of hydrogen-bond donors (Lipinski definition) is 1. The number of ketones is 1. The average molecular weight is 326 g/mol. The third-order valence-electron chi connectivity index (χ3n) is 4.66. The highest BCUT2D eigenvalue weighted by Gasteiger charge is 2.22. The zero-order valence-electron chi connectivity index (χ0n) is 13.8. The number of benzene rings is 3. The third-order valence-corrected chi connectivity index (χ3v) is 4.66. The van der Waals surface area contributed by atoms with Gasteiger partial charge in [0.25, 0.3) is 0 Å². The lowest BCUT2D eigenvalue weighted by Gasteiger charge is -2.18. The lowest BCUT2D eigenvalue weighted by Crippen LogP contribution is -2.13. The molecule has 25 heavy (non-hydrogen) atoms. The van der Waals surface area contributed by atoms with Crippen molar-refractivity contribution < 1.29 is 9.90 Å². The summed E-state index contributed by atoms with van der Waals surface area (Å²) in [5.74, 6) is 0.275. The Labute approximate surface area is 147 Å². The summed E-state index contributed by atoms with van der Waals surface area (Å²) in [7, 11) is 0. The minimum Gasteiger partial charge on any atom is -0.508 e. The Morgan fingerprint density at radius 3 is 2.40 bits per heavy atom. The number of hydrogen-bond acceptors (Lipinski definition) is 2. The van der Waals surface area contributed by atoms with Crippen LogP contribution in [0.25, 0.3) is 17.2 Å². The van der Waals surface area contributed by atoms with Gasteiger partial charge in [0, 0.05) is 11.1 Å². The number of aromatic hydroxyl groups is 1. The number of carbonyl (C=O) groups is 1. The first kappa shape index (κ1) is 15.4. The van der Waals surface area contributed by atoms with Crippen LogP contribution in [0, 0.1) is 0 Å². The van der Waals surface area contributed by atoms with Gasteiger partial charge in [-0.15, -0.1) is 0 Å². The predicted octanol–water partition coefficient (Wildman–Crippen LogP) is 5.27. The number of phenolic OH excluding ortho intramolecular Hbond substituents is 1. The van der Waals surface area contributed by atoms with Gasteiger partial charge in [0.1, 0.15) is 5.75 Å². The van der Waals surface area contributed by atoms with Gasteiger partial charge in [-0.3, -0.25) is 4.79 Å². The van der Waals surface area contributed by atoms with Crippen molar-refractivity contribution >= 4 is 11.9 Å². The van der Waals surface area contributed by atoms with Gasteiger partial charge in [0.2, 0.25) is 0 Å². The minimum atomic E-state index is 0.0594. The molecule has 2 heteroatoms. The smallest absolute Gasteiger partial charge is 0.189 e. The molecular formula is C23H18O2. The van der Waals surface area contributed by atoms with Crippen molar-refractivity contribution in [1.29, 1.82) is 0 Å². The molecule has 0 atom stereocenters. The molecule has 0 fully saturated rings. The molecule has 0 amide bonds. The fraction of sp³-hybridized carbons (Fsp3) is 0.0870. The van der Waals surface area contributed by atoms with Crippen molar-refractivity contribution in [2.24, 2.45) is 0 Å². The van der Waals surface area contributed by atoms with Crippen molar-refractivity contribution in [3.8, 4) is 16.9 Å². The van der Waals surface area contributed by atoms with E-state index >= 15 is 0 Å². The van der Waals surface area contributed by atoms with Crippen LogP contribution in [0.5, 0.6) is 5.75 Å². The maximum absolute atomic E-state index is 12.8. The highest BCUT2D eigenvalue weighted by atomic mass is 16.3. The van der Waals surface area contributed by atoms with Crippen molar-refractivity contribution in [1.82, 2.24) is 0 Å². The maximum Gasteiger partial charge on any atom is 0.189 e. The molecule has 0 spiro atoms. The topological polar surface area (TPSA) is 37.3 Å². The lowest BCUT2D eigenvalue weighted by atomic mass is 9.85. The zero-order chi connectivity index (χ0) is 17.2. The van der Waals surface area contributed by atoms with Crippen molar-refractivity contribution in [2.75, 3.05) is 0 Å². The standard InChI is InChI=1S/C23H18O2/c24-20-12-13-22-18(15-20)10-11-19(23(22)25)14-17-8-4-5-9-21(17)16-6-2-1-3-7-16/h1-9,12-15,24H,10-11H2/b19-14+. The molecule has 0 unspecified atom stereocenters. The fourth-order valence-electron chi connectivity index (χ4n) is 3.39. The number of carbonyl (C=O) groups excluding carboxylic acids is 1. The van der Waals surface area contributed by atoms with Gasteiger partial charge < -0.3 is 5.11 Å². The number of fused-ring (bicyclic) bond motifs is 1. The van der Waals surface area contributed by atoms with Crippen LogP contribution < -0.4 is 0 Å². The van der Waals surface area contributed by atoms with E-state index in [4.69, 9.17) is 0 Å². The van der Waals surface area contributed by atoms with Gasteiger partial charge in [-0.2, -0.15) is 0 Å². The summed E-state index contributed by atoms with van der Waals surface area (Å²) >= 11 is 0. The highest BCUT2D eigenvalue weighted by molar-refractivity contribution is 6.13. The summed E-state index contributed by atoms with van der Waals surface area (Å²) in [5.41, 5.74) is 5.77. The quantitative estimate of drug-likeness (QED) is 0.651. The fourth-order valence-corrected chi connectivity index (χ4v) is 3.39. The van der Waals surface area contributed by atoms with E-state index in [-0.39, 0.29) is 11.5 Å². The molecule has 122 valence electrons. The van der Waals surface area contributed by atoms with E-state index in [1.54, 1.807) is 18.2 Å². The van der Waals surface area contributed by atoms with Gasteiger partial charge in [-0.1, -0.05) is 54.6 Å². The first-order valence-electron chi connectivity index (χ1n) is 8.44. The molecule has 0 radical (unpaired) electrons. The van der Waals surface area contributed by atoms with Crippen LogP contribution in [0.2, 0.25) is 0 Å². The predicted molar refractivity (Wildman–Crippen MR) is 101 cm³/mol. The Morgan fingerprint density at radius 2 is 1.56 bits per heavy atom. The first-order chi connectivity index (χ1) is 12.2. The van der Waals surface area contributed by atoms with E-state index in [2.05, 4.69) is 24.3 Å². The second-order valence-corrected chi connectivity index (χ2v) is 6.29. The van der Waals surface area contributed by atoms with E-state index in [1.807, 2.05) is 36.4 Å². The second kappa shape index (κ2) is 6.40. The molecule has 3 aromatic rings. The Hall–Kier alpha value is -3.13. The Morgan fingerprint density at radius 1 is 0.800 bits per heavy atom. The molecule has 2 nitrogen and oxygen atoms in total. The molecule has 1 aliphatic carbocycles. The molecule has 0 aliphatic heterocycles. The van der Waals surface area contributed by atoms with Gasteiger partial charge in [-0.25, -0.2) is 0 Å². The van der Waals surface area contributed by atoms with Crippen LogP contribution in [0.3, 0.4) is 0 Å². The Balaban J connectivity index is 1.76. The average Bonchev–Trinajstić information content (AvgIpc) is 2.65. The highest BCUT2D eigenvalue weighted by Crippen LogP contribution is 2.31. The molecular weight excluding hydrogens is 308 g/mol. The van der Waals surface area contributed by atoms with Gasteiger partial charge in [0.05, 0.1) is 0 Å². The number of aryl methyl sites for hydroxylation is 1. The summed E-state index contributed by atoms with van der Waals surface area (Å²) in [6.45, 7) is 0.